The van der Waals surface area contributed by atoms with Gasteiger partial charge in [-0.3, -0.25) is 9.59 Å². The molecule has 0 aromatic rings. The number of rotatable bonds is 5. The summed E-state index contributed by atoms with van der Waals surface area (Å²) in [5, 5.41) is 8.60. The summed E-state index contributed by atoms with van der Waals surface area (Å²) in [7, 11) is 0. The molecule has 0 heterocycles. The summed E-state index contributed by atoms with van der Waals surface area (Å²) in [6.45, 7) is 1.66. The van der Waals surface area contributed by atoms with E-state index in [4.69, 9.17) is 5.11 Å². The Kier molecular flexibility index (Phi) is 3.79. The lowest BCUT2D eigenvalue weighted by molar-refractivity contribution is -0.161. The van der Waals surface area contributed by atoms with Gasteiger partial charge in [0.1, 0.15) is 6.54 Å². The summed E-state index contributed by atoms with van der Waals surface area (Å²) in [5.74, 6) is -3.58. The van der Waals surface area contributed by atoms with Gasteiger partial charge in [0.05, 0.1) is 11.8 Å². The predicted molar refractivity (Wildman–Crippen MR) is 52.1 cm³/mol. The van der Waals surface area contributed by atoms with Crippen molar-refractivity contribution in [1.29, 1.82) is 0 Å². The van der Waals surface area contributed by atoms with Crippen molar-refractivity contribution in [3.05, 3.63) is 12.7 Å². The monoisotopic (exact) mass is 251 g/mol. The van der Waals surface area contributed by atoms with Crippen LogP contribution in [0.1, 0.15) is 6.42 Å². The highest BCUT2D eigenvalue weighted by atomic mass is 19.4. The molecule has 0 radical (unpaired) electrons. The highest BCUT2D eigenvalue weighted by Gasteiger charge is 2.50. The van der Waals surface area contributed by atoms with Crippen LogP contribution in [0.3, 0.4) is 0 Å². The Morgan fingerprint density at radius 3 is 2.35 bits per heavy atom. The molecule has 1 aliphatic carbocycles. The molecule has 0 unspecified atom stereocenters. The molecule has 0 saturated heterocycles. The lowest BCUT2D eigenvalue weighted by atomic mass is 10.2. The van der Waals surface area contributed by atoms with Gasteiger partial charge in [-0.25, -0.2) is 0 Å². The molecule has 4 nitrogen and oxygen atoms in total. The summed E-state index contributed by atoms with van der Waals surface area (Å²) in [4.78, 5) is 22.7. The quantitative estimate of drug-likeness (QED) is 0.749. The van der Waals surface area contributed by atoms with Crippen LogP contribution in [0.2, 0.25) is 0 Å². The number of hydrogen-bond donors (Lipinski definition) is 1. The molecule has 17 heavy (non-hydrogen) atoms. The van der Waals surface area contributed by atoms with Crippen molar-refractivity contribution < 1.29 is 27.9 Å². The van der Waals surface area contributed by atoms with E-state index < -0.39 is 36.4 Å². The topological polar surface area (TPSA) is 57.6 Å². The maximum atomic E-state index is 12.2. The molecule has 1 rings (SSSR count). The SMILES string of the molecule is C=CCN(CC(F)(F)F)C(=O)[C@H]1C[C@H]1C(=O)O. The third kappa shape index (κ3) is 3.76. The first-order chi connectivity index (χ1) is 7.76. The maximum absolute atomic E-state index is 12.2. The van der Waals surface area contributed by atoms with Crippen molar-refractivity contribution >= 4 is 11.9 Å². The Morgan fingerprint density at radius 2 is 2.00 bits per heavy atom. The van der Waals surface area contributed by atoms with Crippen LogP contribution >= 0.6 is 0 Å². The van der Waals surface area contributed by atoms with Gasteiger partial charge >= 0.3 is 12.1 Å². The number of halogens is 3. The number of nitrogens with zero attached hydrogens (tertiary/aromatic N) is 1. The first-order valence-corrected chi connectivity index (χ1v) is 4.95. The van der Waals surface area contributed by atoms with Crippen LogP contribution < -0.4 is 0 Å². The molecule has 0 aromatic heterocycles. The number of alkyl halides is 3. The summed E-state index contributed by atoms with van der Waals surface area (Å²) >= 11 is 0. The van der Waals surface area contributed by atoms with Crippen LogP contribution in [0.15, 0.2) is 12.7 Å². The van der Waals surface area contributed by atoms with E-state index in [9.17, 15) is 22.8 Å². The predicted octanol–water partition coefficient (Wildman–Crippen LogP) is 1.28. The molecule has 1 aliphatic rings. The van der Waals surface area contributed by atoms with E-state index in [1.165, 1.54) is 6.08 Å². The number of hydrogen-bond acceptors (Lipinski definition) is 2. The molecule has 0 spiro atoms. The Morgan fingerprint density at radius 1 is 1.41 bits per heavy atom. The van der Waals surface area contributed by atoms with E-state index in [1.54, 1.807) is 0 Å². The fraction of sp³-hybridized carbons (Fsp3) is 0.600. The van der Waals surface area contributed by atoms with E-state index in [-0.39, 0.29) is 13.0 Å². The van der Waals surface area contributed by atoms with E-state index in [2.05, 4.69) is 6.58 Å². The molecule has 1 saturated carbocycles. The molecule has 0 bridgehead atoms. The van der Waals surface area contributed by atoms with Gasteiger partial charge in [-0.15, -0.1) is 6.58 Å². The average Bonchev–Trinajstić information content (AvgIpc) is 2.93. The van der Waals surface area contributed by atoms with Gasteiger partial charge in [-0.05, 0) is 6.42 Å². The number of carbonyl (C=O) groups is 2. The fourth-order valence-electron chi connectivity index (χ4n) is 1.58. The van der Waals surface area contributed by atoms with Crippen LogP contribution in [-0.4, -0.2) is 41.1 Å². The minimum atomic E-state index is -4.49. The van der Waals surface area contributed by atoms with E-state index in [0.29, 0.717) is 4.90 Å². The second kappa shape index (κ2) is 4.77. The maximum Gasteiger partial charge on any atom is 0.406 e. The summed E-state index contributed by atoms with van der Waals surface area (Å²) in [5.41, 5.74) is 0. The van der Waals surface area contributed by atoms with Gasteiger partial charge in [0.2, 0.25) is 5.91 Å². The summed E-state index contributed by atoms with van der Waals surface area (Å²) in [6.07, 6.45) is -3.20. The van der Waals surface area contributed by atoms with Crippen LogP contribution in [0, 0.1) is 11.8 Å². The lowest BCUT2D eigenvalue weighted by Gasteiger charge is -2.22. The first kappa shape index (κ1) is 13.5. The van der Waals surface area contributed by atoms with Gasteiger partial charge < -0.3 is 10.0 Å². The van der Waals surface area contributed by atoms with Crippen LogP contribution in [0.4, 0.5) is 13.2 Å². The molecule has 0 aromatic carbocycles. The highest BCUT2D eigenvalue weighted by molar-refractivity contribution is 5.89. The van der Waals surface area contributed by atoms with Crippen molar-refractivity contribution in [3.8, 4) is 0 Å². The Hall–Kier alpha value is -1.53. The van der Waals surface area contributed by atoms with Crippen molar-refractivity contribution in [2.24, 2.45) is 11.8 Å². The Labute approximate surface area is 95.7 Å². The van der Waals surface area contributed by atoms with Crippen LogP contribution in [-0.2, 0) is 9.59 Å². The standard InChI is InChI=1S/C10H12F3NO3/c1-2-3-14(5-10(11,12)13)8(15)6-4-7(6)9(16)17/h2,6-7H,1,3-5H2,(H,16,17)/t6-,7+/m0/s1. The fourth-order valence-corrected chi connectivity index (χ4v) is 1.58. The summed E-state index contributed by atoms with van der Waals surface area (Å²) in [6, 6.07) is 0. The Balaban J connectivity index is 2.62. The first-order valence-electron chi connectivity index (χ1n) is 4.95. The number of carboxylic acids is 1. The number of carboxylic acid groups (broad SMARTS) is 1. The van der Waals surface area contributed by atoms with Crippen LogP contribution in [0.25, 0.3) is 0 Å². The van der Waals surface area contributed by atoms with Crippen LogP contribution in [0.5, 0.6) is 0 Å². The van der Waals surface area contributed by atoms with Gasteiger partial charge in [-0.2, -0.15) is 13.2 Å². The second-order valence-corrected chi connectivity index (χ2v) is 3.91. The molecular weight excluding hydrogens is 239 g/mol. The zero-order chi connectivity index (χ0) is 13.2. The average molecular weight is 251 g/mol. The smallest absolute Gasteiger partial charge is 0.406 e. The molecule has 0 aliphatic heterocycles. The van der Waals surface area contributed by atoms with Crippen molar-refractivity contribution in [3.63, 3.8) is 0 Å². The minimum absolute atomic E-state index is 0.111. The van der Waals surface area contributed by atoms with Crippen molar-refractivity contribution in [2.45, 2.75) is 12.6 Å². The Bertz CT molecular complexity index is 340. The number of aliphatic carboxylic acids is 1. The zero-order valence-electron chi connectivity index (χ0n) is 8.91. The normalized spacial score (nSPS) is 23.0. The van der Waals surface area contributed by atoms with Gasteiger partial charge in [0, 0.05) is 6.54 Å². The van der Waals surface area contributed by atoms with Crippen molar-refractivity contribution in [1.82, 2.24) is 4.90 Å². The number of carbonyl (C=O) groups excluding carboxylic acids is 1. The molecule has 1 N–H and O–H groups in total. The zero-order valence-corrected chi connectivity index (χ0v) is 8.91. The lowest BCUT2D eigenvalue weighted by Crippen LogP contribution is -2.40. The highest BCUT2D eigenvalue weighted by Crippen LogP contribution is 2.40. The van der Waals surface area contributed by atoms with E-state index in [0.717, 1.165) is 0 Å². The second-order valence-electron chi connectivity index (χ2n) is 3.91. The van der Waals surface area contributed by atoms with Gasteiger partial charge in [-0.1, -0.05) is 6.08 Å². The molecule has 7 heteroatoms. The molecule has 2 atom stereocenters. The minimum Gasteiger partial charge on any atom is -0.481 e. The number of amides is 1. The largest absolute Gasteiger partial charge is 0.481 e. The third-order valence-electron chi connectivity index (χ3n) is 2.46. The molecular formula is C10H12F3NO3. The molecule has 96 valence electrons. The third-order valence-corrected chi connectivity index (χ3v) is 2.46. The van der Waals surface area contributed by atoms with Gasteiger partial charge in [0.25, 0.3) is 0 Å². The molecule has 1 amide bonds. The molecule has 1 fully saturated rings. The van der Waals surface area contributed by atoms with Crippen molar-refractivity contribution in [2.75, 3.05) is 13.1 Å². The van der Waals surface area contributed by atoms with E-state index >= 15 is 0 Å². The summed E-state index contributed by atoms with van der Waals surface area (Å²) < 4.78 is 36.6. The van der Waals surface area contributed by atoms with Gasteiger partial charge in [0.15, 0.2) is 0 Å². The van der Waals surface area contributed by atoms with E-state index in [1.807, 2.05) is 0 Å².